The lowest BCUT2D eigenvalue weighted by atomic mass is 10.1. The smallest absolute Gasteiger partial charge is 0.132 e. The van der Waals surface area contributed by atoms with Crippen LogP contribution < -0.4 is 10.2 Å². The van der Waals surface area contributed by atoms with Gasteiger partial charge in [0.05, 0.1) is 0 Å². The van der Waals surface area contributed by atoms with E-state index in [1.807, 2.05) is 0 Å². The average molecular weight is 346 g/mol. The molecule has 0 spiro atoms. The molecular weight excluding hydrogens is 320 g/mol. The number of hydrogen-bond acceptors (Lipinski definition) is 4. The lowest BCUT2D eigenvalue weighted by Gasteiger charge is -2.41. The molecule has 26 heavy (non-hydrogen) atoms. The van der Waals surface area contributed by atoms with Crippen LogP contribution in [0, 0.1) is 12.8 Å². The normalized spacial score (nSPS) is 23.2. The third-order valence-corrected chi connectivity index (χ3v) is 5.84. The Morgan fingerprint density at radius 3 is 2.42 bits per heavy atom. The molecule has 0 aromatic heterocycles. The lowest BCUT2D eigenvalue weighted by molar-refractivity contribution is 0.191. The van der Waals surface area contributed by atoms with E-state index in [1.54, 1.807) is 0 Å². The molecule has 2 aromatic carbocycles. The Labute approximate surface area is 155 Å². The van der Waals surface area contributed by atoms with Crippen LogP contribution in [0.25, 0.3) is 0 Å². The molecule has 2 aromatic rings. The maximum absolute atomic E-state index is 5.14. The van der Waals surface area contributed by atoms with Crippen LogP contribution in [-0.4, -0.2) is 36.9 Å². The van der Waals surface area contributed by atoms with Crippen molar-refractivity contribution in [1.82, 2.24) is 4.90 Å². The number of aliphatic imine (C=N–C) groups is 1. The molecule has 2 heterocycles. The minimum Gasteiger partial charge on any atom is -0.369 e. The van der Waals surface area contributed by atoms with Crippen LogP contribution >= 0.6 is 0 Å². The Morgan fingerprint density at radius 2 is 1.65 bits per heavy atom. The van der Waals surface area contributed by atoms with Gasteiger partial charge in [0.15, 0.2) is 0 Å². The zero-order valence-electron chi connectivity index (χ0n) is 15.4. The quantitative estimate of drug-likeness (QED) is 0.910. The minimum absolute atomic E-state index is 0.169. The summed E-state index contributed by atoms with van der Waals surface area (Å²) in [6.45, 7) is 6.43. The van der Waals surface area contributed by atoms with E-state index in [0.29, 0.717) is 5.92 Å². The van der Waals surface area contributed by atoms with Crippen molar-refractivity contribution in [2.24, 2.45) is 10.9 Å². The van der Waals surface area contributed by atoms with Crippen LogP contribution in [0.1, 0.15) is 30.1 Å². The van der Waals surface area contributed by atoms with Crippen molar-refractivity contribution in [1.29, 1.82) is 0 Å². The topological polar surface area (TPSA) is 30.9 Å². The number of fused-ring (bicyclic) bond motifs is 1. The molecular formula is C22H26N4. The minimum atomic E-state index is 0.169. The Morgan fingerprint density at radius 1 is 0.923 bits per heavy atom. The van der Waals surface area contributed by atoms with Crippen molar-refractivity contribution in [2.45, 2.75) is 25.9 Å². The lowest BCUT2D eigenvalue weighted by Crippen LogP contribution is -2.48. The Kier molecular flexibility index (Phi) is 3.93. The molecule has 4 nitrogen and oxygen atoms in total. The second-order valence-corrected chi connectivity index (χ2v) is 7.68. The first kappa shape index (κ1) is 15.9. The van der Waals surface area contributed by atoms with E-state index >= 15 is 0 Å². The van der Waals surface area contributed by atoms with E-state index in [-0.39, 0.29) is 6.17 Å². The van der Waals surface area contributed by atoms with Crippen LogP contribution in [0.15, 0.2) is 53.5 Å². The van der Waals surface area contributed by atoms with Crippen molar-refractivity contribution in [3.63, 3.8) is 0 Å². The number of para-hydroxylation sites is 2. The van der Waals surface area contributed by atoms with Crippen LogP contribution in [0.2, 0.25) is 0 Å². The molecule has 0 radical (unpaired) electrons. The Hall–Kier alpha value is -2.33. The number of rotatable bonds is 3. The molecule has 2 fully saturated rings. The number of amidine groups is 1. The van der Waals surface area contributed by atoms with Crippen LogP contribution in [-0.2, 0) is 0 Å². The molecule has 0 bridgehead atoms. The first-order valence-corrected chi connectivity index (χ1v) is 9.78. The fraction of sp³-hybridized carbons (Fsp3) is 0.409. The van der Waals surface area contributed by atoms with Crippen molar-refractivity contribution in [3.8, 4) is 0 Å². The third-order valence-electron chi connectivity index (χ3n) is 5.84. The van der Waals surface area contributed by atoms with Gasteiger partial charge in [-0.15, -0.1) is 0 Å². The van der Waals surface area contributed by atoms with Gasteiger partial charge in [-0.3, -0.25) is 4.90 Å². The van der Waals surface area contributed by atoms with Crippen LogP contribution in [0.4, 0.5) is 11.4 Å². The summed E-state index contributed by atoms with van der Waals surface area (Å²) in [6, 6.07) is 17.4. The fourth-order valence-electron chi connectivity index (χ4n) is 4.18. The van der Waals surface area contributed by atoms with Crippen molar-refractivity contribution in [2.75, 3.05) is 36.4 Å². The SMILES string of the molecule is Cc1ccccc1N1CCN(C2N=C(C3CC3)Nc3ccccc32)CC1. The second-order valence-electron chi connectivity index (χ2n) is 7.68. The summed E-state index contributed by atoms with van der Waals surface area (Å²) < 4.78 is 0. The Bertz CT molecular complexity index is 832. The van der Waals surface area contributed by atoms with Gasteiger partial charge in [-0.1, -0.05) is 36.4 Å². The number of aryl methyl sites for hydroxylation is 1. The average Bonchev–Trinajstić information content (AvgIpc) is 3.53. The maximum atomic E-state index is 5.14. The molecule has 1 unspecified atom stereocenters. The maximum Gasteiger partial charge on any atom is 0.132 e. The second kappa shape index (κ2) is 6.44. The zero-order chi connectivity index (χ0) is 17.5. The molecule has 134 valence electrons. The van der Waals surface area contributed by atoms with Crippen molar-refractivity contribution in [3.05, 3.63) is 59.7 Å². The first-order valence-electron chi connectivity index (χ1n) is 9.78. The van der Waals surface area contributed by atoms with Gasteiger partial charge in [0.1, 0.15) is 12.0 Å². The monoisotopic (exact) mass is 346 g/mol. The summed E-state index contributed by atoms with van der Waals surface area (Å²) >= 11 is 0. The van der Waals surface area contributed by atoms with Gasteiger partial charge in [-0.25, -0.2) is 4.99 Å². The standard InChI is InChI=1S/C22H26N4/c1-16-6-2-5-9-20(16)25-12-14-26(15-13-25)22-18-7-3-4-8-19(18)23-21(24-22)17-10-11-17/h2-9,17,22H,10-15H2,1H3,(H,23,24). The highest BCUT2D eigenvalue weighted by Gasteiger charge is 2.35. The summed E-state index contributed by atoms with van der Waals surface area (Å²) in [5, 5.41) is 3.58. The van der Waals surface area contributed by atoms with Crippen molar-refractivity contribution < 1.29 is 0 Å². The van der Waals surface area contributed by atoms with Gasteiger partial charge < -0.3 is 10.2 Å². The molecule has 2 aliphatic heterocycles. The molecule has 1 N–H and O–H groups in total. The largest absolute Gasteiger partial charge is 0.369 e. The predicted octanol–water partition coefficient (Wildman–Crippen LogP) is 4.05. The van der Waals surface area contributed by atoms with Gasteiger partial charge in [0.2, 0.25) is 0 Å². The van der Waals surface area contributed by atoms with E-state index in [4.69, 9.17) is 4.99 Å². The summed E-state index contributed by atoms with van der Waals surface area (Å²) in [7, 11) is 0. The van der Waals surface area contributed by atoms with E-state index in [1.165, 1.54) is 41.2 Å². The van der Waals surface area contributed by atoms with Gasteiger partial charge in [0, 0.05) is 49.0 Å². The molecule has 1 aliphatic carbocycles. The Balaban J connectivity index is 1.36. The third kappa shape index (κ3) is 2.88. The highest BCUT2D eigenvalue weighted by atomic mass is 15.3. The van der Waals surface area contributed by atoms with E-state index in [9.17, 15) is 0 Å². The van der Waals surface area contributed by atoms with Gasteiger partial charge in [-0.2, -0.15) is 0 Å². The molecule has 0 amide bonds. The molecule has 1 saturated heterocycles. The van der Waals surface area contributed by atoms with Gasteiger partial charge >= 0.3 is 0 Å². The summed E-state index contributed by atoms with van der Waals surface area (Å²) in [4.78, 5) is 10.2. The van der Waals surface area contributed by atoms with Crippen molar-refractivity contribution >= 4 is 17.2 Å². The van der Waals surface area contributed by atoms with Gasteiger partial charge in [0.25, 0.3) is 0 Å². The molecule has 1 atom stereocenters. The molecule has 5 rings (SSSR count). The number of nitrogens with zero attached hydrogens (tertiary/aromatic N) is 3. The van der Waals surface area contributed by atoms with E-state index < -0.39 is 0 Å². The van der Waals surface area contributed by atoms with Crippen LogP contribution in [0.5, 0.6) is 0 Å². The summed E-state index contributed by atoms with van der Waals surface area (Å²) in [5.74, 6) is 1.86. The highest BCUT2D eigenvalue weighted by Crippen LogP contribution is 2.39. The highest BCUT2D eigenvalue weighted by molar-refractivity contribution is 6.00. The number of benzene rings is 2. The number of hydrogen-bond donors (Lipinski definition) is 1. The molecule has 4 heteroatoms. The predicted molar refractivity (Wildman–Crippen MR) is 108 cm³/mol. The number of nitrogens with one attached hydrogen (secondary N) is 1. The molecule has 1 saturated carbocycles. The van der Waals surface area contributed by atoms with Gasteiger partial charge in [-0.05, 0) is 37.5 Å². The van der Waals surface area contributed by atoms with Crippen LogP contribution in [0.3, 0.4) is 0 Å². The first-order chi connectivity index (χ1) is 12.8. The summed E-state index contributed by atoms with van der Waals surface area (Å²) in [5.41, 5.74) is 5.30. The number of anilines is 2. The van der Waals surface area contributed by atoms with E-state index in [0.717, 1.165) is 26.2 Å². The van der Waals surface area contributed by atoms with E-state index in [2.05, 4.69) is 70.6 Å². The zero-order valence-corrected chi connectivity index (χ0v) is 15.4. The summed E-state index contributed by atoms with van der Waals surface area (Å²) in [6.07, 6.45) is 2.73. The molecule has 3 aliphatic rings. The fourth-order valence-corrected chi connectivity index (χ4v) is 4.18. The number of piperazine rings is 1.